The molecule has 1 atom stereocenters. The Morgan fingerprint density at radius 1 is 0.643 bits per heavy atom. The predicted molar refractivity (Wildman–Crippen MR) is 169 cm³/mol. The number of hydrogen-bond donors (Lipinski definition) is 0. The minimum absolute atomic E-state index is 0.0303. The summed E-state index contributed by atoms with van der Waals surface area (Å²) in [5, 5.41) is 0. The van der Waals surface area contributed by atoms with Gasteiger partial charge >= 0.3 is 15.6 Å². The summed E-state index contributed by atoms with van der Waals surface area (Å²) in [6.07, 6.45) is 22.3. The van der Waals surface area contributed by atoms with Crippen LogP contribution in [0.2, 0.25) is 0 Å². The largest absolute Gasteiger partial charge is 0.523 e. The van der Waals surface area contributed by atoms with Crippen molar-refractivity contribution >= 4 is 20.4 Å². The Hall–Kier alpha value is -1.71. The Kier molecular flexibility index (Phi) is 17.0. The highest BCUT2D eigenvalue weighted by molar-refractivity contribution is 8.32. The van der Waals surface area contributed by atoms with Gasteiger partial charge in [0.1, 0.15) is 5.75 Å². The molecule has 0 aromatic heterocycles. The van der Waals surface area contributed by atoms with E-state index >= 15 is 0 Å². The van der Waals surface area contributed by atoms with Crippen LogP contribution in [0.15, 0.2) is 59.5 Å². The molecule has 0 aliphatic rings. The maximum Gasteiger partial charge on any atom is 0.523 e. The molecule has 4 nitrogen and oxygen atoms in total. The van der Waals surface area contributed by atoms with Gasteiger partial charge in [-0.3, -0.25) is 0 Å². The second kappa shape index (κ2) is 19.5. The average Bonchev–Trinajstić information content (AvgIpc) is 2.94. The molecule has 240 valence electrons. The van der Waals surface area contributed by atoms with Gasteiger partial charge in [0.15, 0.2) is 0 Å². The lowest BCUT2D eigenvalue weighted by Gasteiger charge is -2.35. The molecule has 9 heteroatoms. The van der Waals surface area contributed by atoms with Gasteiger partial charge in [-0.2, -0.15) is 21.6 Å². The lowest BCUT2D eigenvalue weighted by Crippen LogP contribution is -2.27. The third-order valence-corrected chi connectivity index (χ3v) is 12.0. The monoisotopic (exact) mass is 632 g/mol. The zero-order valence-electron chi connectivity index (χ0n) is 25.5. The molecule has 0 amide bonds. The number of halogens is 3. The first-order valence-corrected chi connectivity index (χ1v) is 19.2. The first kappa shape index (κ1) is 36.5. The van der Waals surface area contributed by atoms with Crippen LogP contribution < -0.4 is 4.74 Å². The lowest BCUT2D eigenvalue weighted by atomic mass is 10.0. The Labute approximate surface area is 254 Å². The van der Waals surface area contributed by atoms with E-state index in [1.165, 1.54) is 96.1 Å². The summed E-state index contributed by atoms with van der Waals surface area (Å²) < 4.78 is 74.1. The van der Waals surface area contributed by atoms with E-state index in [9.17, 15) is 21.6 Å². The summed E-state index contributed by atoms with van der Waals surface area (Å²) in [7, 11) is -8.61. The molecule has 2 aromatic rings. The highest BCUT2D eigenvalue weighted by atomic mass is 32.3. The first-order valence-electron chi connectivity index (χ1n) is 15.6. The SMILES string of the molecule is CCCCCCCCCCCCCCCCCCOc1ccc(S(C)(Cc2ccccc2)OS(=O)(=O)C(F)(F)F)cc1. The Morgan fingerprint density at radius 2 is 1.10 bits per heavy atom. The van der Waals surface area contributed by atoms with Crippen LogP contribution >= 0.6 is 10.3 Å². The zero-order valence-corrected chi connectivity index (χ0v) is 27.1. The van der Waals surface area contributed by atoms with Gasteiger partial charge in [-0.15, -0.1) is 0 Å². The number of hydrogen-bond acceptors (Lipinski definition) is 4. The van der Waals surface area contributed by atoms with Gasteiger partial charge in [0.25, 0.3) is 0 Å². The molecule has 42 heavy (non-hydrogen) atoms. The Bertz CT molecular complexity index is 1080. The predicted octanol–water partition coefficient (Wildman–Crippen LogP) is 11.1. The fourth-order valence-electron chi connectivity index (χ4n) is 4.94. The van der Waals surface area contributed by atoms with Crippen LogP contribution in [0.3, 0.4) is 0 Å². The highest BCUT2D eigenvalue weighted by Gasteiger charge is 2.50. The first-order chi connectivity index (χ1) is 20.1. The van der Waals surface area contributed by atoms with Crippen molar-refractivity contribution in [1.29, 1.82) is 0 Å². The van der Waals surface area contributed by atoms with Gasteiger partial charge in [-0.25, -0.2) is 3.63 Å². The smallest absolute Gasteiger partial charge is 0.494 e. The maximum atomic E-state index is 13.2. The molecule has 0 saturated heterocycles. The van der Waals surface area contributed by atoms with Crippen molar-refractivity contribution in [2.24, 2.45) is 0 Å². The Balaban J connectivity index is 1.67. The average molecular weight is 633 g/mol. The number of unbranched alkanes of at least 4 members (excludes halogenated alkanes) is 15. The molecule has 0 bridgehead atoms. The van der Waals surface area contributed by atoms with Crippen LogP contribution in [0.25, 0.3) is 0 Å². The third-order valence-electron chi connectivity index (χ3n) is 7.40. The van der Waals surface area contributed by atoms with Crippen molar-refractivity contribution < 1.29 is 30.0 Å². The van der Waals surface area contributed by atoms with Gasteiger partial charge in [0, 0.05) is 10.6 Å². The van der Waals surface area contributed by atoms with Gasteiger partial charge in [0.2, 0.25) is 0 Å². The van der Waals surface area contributed by atoms with Crippen LogP contribution in [0.4, 0.5) is 13.2 Å². The molecule has 0 aliphatic carbocycles. The number of alkyl halides is 3. The van der Waals surface area contributed by atoms with Crippen molar-refractivity contribution in [3.05, 3.63) is 60.2 Å². The van der Waals surface area contributed by atoms with E-state index in [0.29, 0.717) is 22.8 Å². The molecule has 0 saturated carbocycles. The molecule has 2 rings (SSSR count). The van der Waals surface area contributed by atoms with Crippen molar-refractivity contribution in [3.63, 3.8) is 0 Å². The van der Waals surface area contributed by atoms with E-state index in [0.717, 1.165) is 12.8 Å². The van der Waals surface area contributed by atoms with Gasteiger partial charge in [-0.05, 0) is 42.5 Å². The number of ether oxygens (including phenoxy) is 1. The zero-order chi connectivity index (χ0) is 30.7. The molecule has 0 aliphatic heterocycles. The molecule has 0 N–H and O–H groups in total. The summed E-state index contributed by atoms with van der Waals surface area (Å²) in [6, 6.07) is 15.3. The van der Waals surface area contributed by atoms with Crippen molar-refractivity contribution in [3.8, 4) is 5.75 Å². The second-order valence-corrected chi connectivity index (χ2v) is 15.9. The van der Waals surface area contributed by atoms with E-state index in [2.05, 4.69) is 6.92 Å². The van der Waals surface area contributed by atoms with E-state index in [1.807, 2.05) is 0 Å². The van der Waals surface area contributed by atoms with E-state index in [-0.39, 0.29) is 5.75 Å². The van der Waals surface area contributed by atoms with Crippen LogP contribution in [0, 0.1) is 0 Å². The number of rotatable bonds is 23. The molecular formula is C33H51F3O4S2. The summed E-state index contributed by atoms with van der Waals surface area (Å²) in [4.78, 5) is 0.397. The maximum absolute atomic E-state index is 13.2. The summed E-state index contributed by atoms with van der Waals surface area (Å²) in [6.45, 7) is 2.82. The van der Waals surface area contributed by atoms with Crippen molar-refractivity contribution in [2.45, 2.75) is 126 Å². The normalized spacial score (nSPS) is 14.4. The Morgan fingerprint density at radius 3 is 1.55 bits per heavy atom. The quantitative estimate of drug-likeness (QED) is 0.0903. The van der Waals surface area contributed by atoms with Gasteiger partial charge < -0.3 is 4.74 Å². The van der Waals surface area contributed by atoms with Gasteiger partial charge in [-0.1, -0.05) is 144 Å². The highest BCUT2D eigenvalue weighted by Crippen LogP contribution is 2.59. The number of benzene rings is 2. The minimum atomic E-state index is -5.77. The third kappa shape index (κ3) is 14.2. The topological polar surface area (TPSA) is 52.6 Å². The lowest BCUT2D eigenvalue weighted by molar-refractivity contribution is -0.0496. The summed E-state index contributed by atoms with van der Waals surface area (Å²) in [5.41, 5.74) is -4.80. The molecule has 0 radical (unpaired) electrons. The van der Waals surface area contributed by atoms with E-state index in [4.69, 9.17) is 8.37 Å². The van der Waals surface area contributed by atoms with Crippen LogP contribution in [-0.2, 0) is 19.5 Å². The van der Waals surface area contributed by atoms with Crippen LogP contribution in [0.5, 0.6) is 5.75 Å². The summed E-state index contributed by atoms with van der Waals surface area (Å²) >= 11 is 0. The van der Waals surface area contributed by atoms with Gasteiger partial charge in [0.05, 0.1) is 6.61 Å². The van der Waals surface area contributed by atoms with Crippen molar-refractivity contribution in [2.75, 3.05) is 12.9 Å². The molecule has 0 fully saturated rings. The minimum Gasteiger partial charge on any atom is -0.494 e. The van der Waals surface area contributed by atoms with E-state index in [1.54, 1.807) is 54.6 Å². The van der Waals surface area contributed by atoms with Crippen LogP contribution in [0.1, 0.15) is 115 Å². The van der Waals surface area contributed by atoms with Crippen molar-refractivity contribution in [1.82, 2.24) is 0 Å². The molecular weight excluding hydrogens is 581 g/mol. The standard InChI is InChI=1S/C33H51F3O4S2/c1-3-4-5-6-7-8-9-10-11-12-13-14-15-16-17-21-28-39-31-24-26-32(27-25-31)41(2,29-30-22-19-18-20-23-30)40-42(37,38)33(34,35)36/h18-20,22-27H,3-17,21,28-29H2,1-2H3. The molecule has 2 aromatic carbocycles. The molecule has 0 spiro atoms. The summed E-state index contributed by atoms with van der Waals surface area (Å²) in [5.74, 6) is 0.627. The molecule has 0 heterocycles. The fraction of sp³-hybridized carbons (Fsp3) is 0.636. The van der Waals surface area contributed by atoms with E-state index < -0.39 is 25.9 Å². The fourth-order valence-corrected chi connectivity index (χ4v) is 9.04. The second-order valence-electron chi connectivity index (χ2n) is 11.2. The molecule has 1 unspecified atom stereocenters. The van der Waals surface area contributed by atoms with Crippen LogP contribution in [-0.4, -0.2) is 26.8 Å².